The van der Waals surface area contributed by atoms with Gasteiger partial charge in [0, 0.05) is 12.0 Å². The third kappa shape index (κ3) is 4.26. The van der Waals surface area contributed by atoms with Gasteiger partial charge in [0.25, 0.3) is 0 Å². The first kappa shape index (κ1) is 20.1. The minimum atomic E-state index is -1.54. The van der Waals surface area contributed by atoms with Crippen LogP contribution >= 0.6 is 0 Å². The van der Waals surface area contributed by atoms with Gasteiger partial charge in [-0.15, -0.1) is 0 Å². The molecule has 3 N–H and O–H groups in total. The summed E-state index contributed by atoms with van der Waals surface area (Å²) < 4.78 is 10.8. The Balaban J connectivity index is 2.03. The SMILES string of the molecule is COc1cc(O)c2c(c1)/C=C/C[C@H](O)[C@H](O)C(=O)/C=C\[C@@H]1CCC[C@H]1OC2=O. The van der Waals surface area contributed by atoms with E-state index in [1.807, 2.05) is 0 Å². The van der Waals surface area contributed by atoms with Gasteiger partial charge < -0.3 is 24.8 Å². The Morgan fingerprint density at radius 1 is 1.14 bits per heavy atom. The van der Waals surface area contributed by atoms with Crippen LogP contribution in [0.4, 0.5) is 0 Å². The van der Waals surface area contributed by atoms with Crippen molar-refractivity contribution in [1.29, 1.82) is 0 Å². The van der Waals surface area contributed by atoms with Crippen LogP contribution in [-0.4, -0.2) is 52.5 Å². The van der Waals surface area contributed by atoms with E-state index in [1.165, 1.54) is 31.4 Å². The van der Waals surface area contributed by atoms with Crippen LogP contribution < -0.4 is 4.74 Å². The smallest absolute Gasteiger partial charge is 0.342 e. The highest BCUT2D eigenvalue weighted by Crippen LogP contribution is 2.34. The molecule has 1 aromatic rings. The lowest BCUT2D eigenvalue weighted by Crippen LogP contribution is -2.32. The molecule has 7 heteroatoms. The Morgan fingerprint density at radius 2 is 1.93 bits per heavy atom. The summed E-state index contributed by atoms with van der Waals surface area (Å²) in [5.74, 6) is -1.33. The van der Waals surface area contributed by atoms with E-state index in [0.29, 0.717) is 17.7 Å². The number of aromatic hydroxyl groups is 1. The molecule has 7 nitrogen and oxygen atoms in total. The van der Waals surface area contributed by atoms with Crippen molar-refractivity contribution in [3.8, 4) is 11.5 Å². The second kappa shape index (κ2) is 8.58. The summed E-state index contributed by atoms with van der Waals surface area (Å²) in [7, 11) is 1.44. The number of benzene rings is 1. The summed E-state index contributed by atoms with van der Waals surface area (Å²) in [5.41, 5.74) is 0.367. The molecule has 1 aromatic carbocycles. The molecule has 1 fully saturated rings. The molecule has 0 unspecified atom stereocenters. The Morgan fingerprint density at radius 3 is 2.68 bits per heavy atom. The molecule has 0 bridgehead atoms. The average Bonchev–Trinajstić information content (AvgIpc) is 3.10. The number of esters is 1. The van der Waals surface area contributed by atoms with E-state index < -0.39 is 30.1 Å². The number of hydrogen-bond acceptors (Lipinski definition) is 7. The molecule has 4 atom stereocenters. The van der Waals surface area contributed by atoms with Gasteiger partial charge in [-0.1, -0.05) is 18.2 Å². The molecule has 0 amide bonds. The van der Waals surface area contributed by atoms with Gasteiger partial charge in [-0.2, -0.15) is 0 Å². The molecule has 1 aliphatic heterocycles. The quantitative estimate of drug-likeness (QED) is 0.631. The third-order valence-electron chi connectivity index (χ3n) is 5.16. The Bertz CT molecular complexity index is 811. The van der Waals surface area contributed by atoms with Crippen molar-refractivity contribution in [2.75, 3.05) is 7.11 Å². The Kier molecular flexibility index (Phi) is 6.16. The van der Waals surface area contributed by atoms with Crippen LogP contribution in [0.15, 0.2) is 30.4 Å². The summed E-state index contributed by atoms with van der Waals surface area (Å²) in [6.07, 6.45) is 4.84. The highest BCUT2D eigenvalue weighted by Gasteiger charge is 2.31. The molecule has 28 heavy (non-hydrogen) atoms. The number of phenols is 1. The topological polar surface area (TPSA) is 113 Å². The Hall–Kier alpha value is -2.64. The van der Waals surface area contributed by atoms with Crippen molar-refractivity contribution in [2.24, 2.45) is 5.92 Å². The number of rotatable bonds is 1. The van der Waals surface area contributed by atoms with Crippen LogP contribution in [0.3, 0.4) is 0 Å². The molecule has 1 saturated carbocycles. The highest BCUT2D eigenvalue weighted by molar-refractivity contribution is 5.97. The van der Waals surface area contributed by atoms with Gasteiger partial charge in [0.1, 0.15) is 29.3 Å². The molecule has 0 aromatic heterocycles. The van der Waals surface area contributed by atoms with Crippen LogP contribution in [-0.2, 0) is 9.53 Å². The standard InChI is InChI=1S/C21H24O7/c1-27-14-10-13-5-2-6-15(22)20(25)16(23)9-8-12-4-3-7-18(12)28-21(26)19(13)17(24)11-14/h2,5,8-12,15,18,20,22,24-25H,3-4,6-7H2,1H3/b5-2+,9-8-/t12-,15-,18+,20-/m0/s1. The monoisotopic (exact) mass is 388 g/mol. The zero-order valence-corrected chi connectivity index (χ0v) is 15.6. The van der Waals surface area contributed by atoms with Crippen LogP contribution in [0.1, 0.15) is 41.6 Å². The fraction of sp³-hybridized carbons (Fsp3) is 0.429. The van der Waals surface area contributed by atoms with Gasteiger partial charge in [-0.25, -0.2) is 4.79 Å². The maximum absolute atomic E-state index is 12.8. The molecule has 0 saturated heterocycles. The minimum Gasteiger partial charge on any atom is -0.507 e. The number of aliphatic hydroxyl groups is 2. The summed E-state index contributed by atoms with van der Waals surface area (Å²) in [5, 5.41) is 30.5. The largest absolute Gasteiger partial charge is 0.507 e. The van der Waals surface area contributed by atoms with Gasteiger partial charge in [-0.3, -0.25) is 4.79 Å². The van der Waals surface area contributed by atoms with Crippen LogP contribution in [0, 0.1) is 5.92 Å². The molecule has 0 spiro atoms. The van der Waals surface area contributed by atoms with Crippen molar-refractivity contribution in [1.82, 2.24) is 0 Å². The number of ketones is 1. The molecule has 3 rings (SSSR count). The van der Waals surface area contributed by atoms with E-state index >= 15 is 0 Å². The van der Waals surface area contributed by atoms with Crippen molar-refractivity contribution in [3.63, 3.8) is 0 Å². The molecule has 0 radical (unpaired) electrons. The lowest BCUT2D eigenvalue weighted by molar-refractivity contribution is -0.127. The summed E-state index contributed by atoms with van der Waals surface area (Å²) in [6, 6.07) is 2.90. The van der Waals surface area contributed by atoms with Gasteiger partial charge in [0.15, 0.2) is 5.78 Å². The minimum absolute atomic E-state index is 0.00912. The second-order valence-corrected chi connectivity index (χ2v) is 7.06. The number of aliphatic hydroxyl groups excluding tert-OH is 2. The first-order valence-electron chi connectivity index (χ1n) is 9.27. The van der Waals surface area contributed by atoms with Crippen LogP contribution in [0.25, 0.3) is 6.08 Å². The zero-order chi connectivity index (χ0) is 20.3. The molecule has 1 aliphatic carbocycles. The molecular weight excluding hydrogens is 364 g/mol. The lowest BCUT2D eigenvalue weighted by atomic mass is 9.99. The van der Waals surface area contributed by atoms with Gasteiger partial charge >= 0.3 is 5.97 Å². The first-order valence-corrected chi connectivity index (χ1v) is 9.27. The van der Waals surface area contributed by atoms with E-state index in [4.69, 9.17) is 9.47 Å². The maximum Gasteiger partial charge on any atom is 0.342 e. The first-order chi connectivity index (χ1) is 13.4. The Labute approximate surface area is 162 Å². The predicted octanol–water partition coefficient (Wildman–Crippen LogP) is 1.99. The zero-order valence-electron chi connectivity index (χ0n) is 15.6. The maximum atomic E-state index is 12.8. The van der Waals surface area contributed by atoms with Gasteiger partial charge in [-0.05, 0) is 43.4 Å². The van der Waals surface area contributed by atoms with E-state index in [1.54, 1.807) is 12.1 Å². The predicted molar refractivity (Wildman–Crippen MR) is 101 cm³/mol. The van der Waals surface area contributed by atoms with Gasteiger partial charge in [0.2, 0.25) is 0 Å². The molecule has 150 valence electrons. The lowest BCUT2D eigenvalue weighted by Gasteiger charge is -2.20. The second-order valence-electron chi connectivity index (χ2n) is 7.06. The summed E-state index contributed by atoms with van der Waals surface area (Å²) in [4.78, 5) is 24.9. The van der Waals surface area contributed by atoms with E-state index in [-0.39, 0.29) is 23.7 Å². The number of carbonyl (C=O) groups is 2. The van der Waals surface area contributed by atoms with Gasteiger partial charge in [0.05, 0.1) is 13.2 Å². The van der Waals surface area contributed by atoms with Crippen molar-refractivity contribution in [3.05, 3.63) is 41.5 Å². The number of ether oxygens (including phenoxy) is 2. The fourth-order valence-corrected chi connectivity index (χ4v) is 3.58. The van der Waals surface area contributed by atoms with E-state index in [0.717, 1.165) is 12.8 Å². The number of carbonyl (C=O) groups excluding carboxylic acids is 2. The molecule has 2 aliphatic rings. The number of hydrogen-bond donors (Lipinski definition) is 3. The number of methoxy groups -OCH3 is 1. The molecule has 1 heterocycles. The van der Waals surface area contributed by atoms with E-state index in [9.17, 15) is 24.9 Å². The third-order valence-corrected chi connectivity index (χ3v) is 5.16. The van der Waals surface area contributed by atoms with Crippen molar-refractivity contribution in [2.45, 2.75) is 44.0 Å². The fourth-order valence-electron chi connectivity index (χ4n) is 3.58. The van der Waals surface area contributed by atoms with Crippen molar-refractivity contribution < 1.29 is 34.4 Å². The van der Waals surface area contributed by atoms with Crippen LogP contribution in [0.2, 0.25) is 0 Å². The summed E-state index contributed by atoms with van der Waals surface area (Å²) >= 11 is 0. The average molecular weight is 388 g/mol. The van der Waals surface area contributed by atoms with Crippen LogP contribution in [0.5, 0.6) is 11.5 Å². The number of fused-ring (bicyclic) bond motifs is 2. The summed E-state index contributed by atoms with van der Waals surface area (Å²) in [6.45, 7) is 0. The normalized spacial score (nSPS) is 30.5. The highest BCUT2D eigenvalue weighted by atomic mass is 16.5. The molecular formula is C21H24O7. The number of phenolic OH excluding ortho intramolecular Hbond substituents is 1. The van der Waals surface area contributed by atoms with Crippen molar-refractivity contribution >= 4 is 17.8 Å². The van der Waals surface area contributed by atoms with E-state index in [2.05, 4.69) is 0 Å².